The summed E-state index contributed by atoms with van der Waals surface area (Å²) < 4.78 is 11.4. The molecule has 0 spiro atoms. The van der Waals surface area contributed by atoms with E-state index >= 15 is 0 Å². The summed E-state index contributed by atoms with van der Waals surface area (Å²) in [5.74, 6) is -1.85. The van der Waals surface area contributed by atoms with Crippen LogP contribution in [0, 0.1) is 5.92 Å². The number of carbonyl (C=O) groups excluding carboxylic acids is 2. The first kappa shape index (κ1) is 22.1. The monoisotopic (exact) mass is 548 g/mol. The number of hydrogen-bond donors (Lipinski definition) is 2. The van der Waals surface area contributed by atoms with Crippen molar-refractivity contribution in [3.63, 3.8) is 0 Å². The van der Waals surface area contributed by atoms with Gasteiger partial charge in [0.2, 0.25) is 17.6 Å². The second-order valence-electron chi connectivity index (χ2n) is 7.51. The Bertz CT molecular complexity index is 1310. The lowest BCUT2D eigenvalue weighted by atomic mass is 9.83. The van der Waals surface area contributed by atoms with Crippen molar-refractivity contribution in [2.24, 2.45) is 5.92 Å². The van der Waals surface area contributed by atoms with Crippen molar-refractivity contribution in [3.8, 4) is 17.2 Å². The molecule has 33 heavy (non-hydrogen) atoms. The molecule has 2 aliphatic heterocycles. The van der Waals surface area contributed by atoms with Gasteiger partial charge in [0, 0.05) is 15.3 Å². The van der Waals surface area contributed by atoms with Gasteiger partial charge in [0.15, 0.2) is 11.5 Å². The van der Waals surface area contributed by atoms with Crippen LogP contribution in [-0.2, 0) is 9.59 Å². The number of rotatable bonds is 4. The average molecular weight is 549 g/mol. The molecule has 1 fully saturated rings. The average Bonchev–Trinajstić information content (AvgIpc) is 3.29. The molecule has 5 rings (SSSR count). The molecule has 2 aliphatic rings. The fraction of sp³-hybridized carbons (Fsp3) is 0.227. The highest BCUT2D eigenvalue weighted by Gasteiger charge is 2.56. The van der Waals surface area contributed by atoms with E-state index in [2.05, 4.69) is 20.9 Å². The molecular weight excluding hydrogens is 532 g/mol. The van der Waals surface area contributed by atoms with Gasteiger partial charge in [0.25, 0.3) is 0 Å². The molecule has 2 aromatic carbocycles. The van der Waals surface area contributed by atoms with E-state index in [1.54, 1.807) is 36.4 Å². The van der Waals surface area contributed by atoms with Gasteiger partial charge in [-0.05, 0) is 42.0 Å². The van der Waals surface area contributed by atoms with Gasteiger partial charge in [-0.2, -0.15) is 0 Å². The lowest BCUT2D eigenvalue weighted by Crippen LogP contribution is -2.32. The van der Waals surface area contributed by atoms with Crippen molar-refractivity contribution >= 4 is 56.5 Å². The van der Waals surface area contributed by atoms with Crippen LogP contribution >= 0.6 is 39.0 Å². The van der Waals surface area contributed by atoms with E-state index in [4.69, 9.17) is 9.47 Å². The molecule has 8 nitrogen and oxygen atoms in total. The highest BCUT2D eigenvalue weighted by atomic mass is 79.9. The van der Waals surface area contributed by atoms with E-state index in [9.17, 15) is 19.5 Å². The Labute approximate surface area is 204 Å². The Morgan fingerprint density at radius 3 is 2.27 bits per heavy atom. The number of nitrogens with zero attached hydrogens (tertiary/aromatic N) is 1. The summed E-state index contributed by atoms with van der Waals surface area (Å²) in [6.45, 7) is 0. The quantitative estimate of drug-likeness (QED) is 0.478. The predicted octanol–water partition coefficient (Wildman–Crippen LogP) is 3.72. The maximum Gasteiger partial charge on any atom is 0.305 e. The Balaban J connectivity index is 1.68. The molecule has 0 saturated carbocycles. The van der Waals surface area contributed by atoms with Gasteiger partial charge in [-0.1, -0.05) is 39.0 Å². The maximum absolute atomic E-state index is 13.7. The molecule has 11 heteroatoms. The number of thioether (sulfide) groups is 1. The third kappa shape index (κ3) is 3.46. The fourth-order valence-electron chi connectivity index (χ4n) is 4.31. The first-order valence-corrected chi connectivity index (χ1v) is 12.3. The van der Waals surface area contributed by atoms with Crippen LogP contribution in [0.4, 0.5) is 5.69 Å². The number of phenolic OH excluding ortho intramolecular Hbond substituents is 1. The van der Waals surface area contributed by atoms with Crippen LogP contribution in [-0.4, -0.2) is 41.4 Å². The van der Waals surface area contributed by atoms with Gasteiger partial charge in [0.05, 0.1) is 30.9 Å². The van der Waals surface area contributed by atoms with Gasteiger partial charge in [0.1, 0.15) is 5.25 Å². The molecule has 3 unspecified atom stereocenters. The third-order valence-corrected chi connectivity index (χ3v) is 8.70. The summed E-state index contributed by atoms with van der Waals surface area (Å²) in [4.78, 5) is 43.7. The largest absolute Gasteiger partial charge is 0.502 e. The molecular formula is C22H17BrN2O6S2. The van der Waals surface area contributed by atoms with Crippen LogP contribution in [0.1, 0.15) is 16.4 Å². The van der Waals surface area contributed by atoms with Crippen molar-refractivity contribution in [3.05, 3.63) is 61.0 Å². The van der Waals surface area contributed by atoms with E-state index in [0.29, 0.717) is 21.2 Å². The molecule has 0 bridgehead atoms. The molecule has 2 amide bonds. The number of aromatic nitrogens is 1. The highest BCUT2D eigenvalue weighted by molar-refractivity contribution is 9.10. The number of carbonyl (C=O) groups is 2. The number of halogens is 1. The Kier molecular flexibility index (Phi) is 5.50. The lowest BCUT2D eigenvalue weighted by molar-refractivity contribution is -0.122. The summed E-state index contributed by atoms with van der Waals surface area (Å²) in [5, 5.41) is 10.2. The normalized spacial score (nSPS) is 21.7. The molecule has 3 aromatic rings. The molecule has 2 N–H and O–H groups in total. The van der Waals surface area contributed by atoms with Gasteiger partial charge in [-0.25, -0.2) is 4.90 Å². The number of fused-ring (bicyclic) bond motifs is 2. The summed E-state index contributed by atoms with van der Waals surface area (Å²) in [6.07, 6.45) is 0. The molecule has 0 aliphatic carbocycles. The van der Waals surface area contributed by atoms with E-state index in [0.717, 1.165) is 15.8 Å². The van der Waals surface area contributed by atoms with Crippen molar-refractivity contribution in [2.45, 2.75) is 16.2 Å². The smallest absolute Gasteiger partial charge is 0.305 e. The van der Waals surface area contributed by atoms with Gasteiger partial charge < -0.3 is 19.6 Å². The minimum Gasteiger partial charge on any atom is -0.502 e. The first-order valence-electron chi connectivity index (χ1n) is 9.82. The first-order chi connectivity index (χ1) is 15.8. The van der Waals surface area contributed by atoms with Crippen LogP contribution in [0.5, 0.6) is 17.2 Å². The minimum absolute atomic E-state index is 0.168. The van der Waals surface area contributed by atoms with Gasteiger partial charge in [-0.3, -0.25) is 14.4 Å². The molecule has 0 radical (unpaired) electrons. The van der Waals surface area contributed by atoms with Crippen LogP contribution in [0.2, 0.25) is 0 Å². The summed E-state index contributed by atoms with van der Waals surface area (Å²) >= 11 is 5.59. The zero-order chi connectivity index (χ0) is 23.4. The van der Waals surface area contributed by atoms with Crippen LogP contribution in [0.15, 0.2) is 50.7 Å². The standard InChI is InChI=1S/C22H17BrN2O6S2/c1-30-12-7-9(8-13(31-2)16(12)26)14-15-18(32-19-17(14)33-22(29)24-19)21(28)25(20(15)27)11-5-3-10(23)4-6-11/h3-8,14-15,18,26H,1-2H3,(H,24,29). The predicted molar refractivity (Wildman–Crippen MR) is 128 cm³/mol. The summed E-state index contributed by atoms with van der Waals surface area (Å²) in [6, 6.07) is 10.2. The zero-order valence-electron chi connectivity index (χ0n) is 17.3. The lowest BCUT2D eigenvalue weighted by Gasteiger charge is -2.30. The number of thiazole rings is 1. The number of H-pyrrole nitrogens is 1. The summed E-state index contributed by atoms with van der Waals surface area (Å²) in [7, 11) is 2.83. The topological polar surface area (TPSA) is 109 Å². The second kappa shape index (κ2) is 8.23. The number of aromatic amines is 1. The van der Waals surface area contributed by atoms with Crippen LogP contribution in [0.3, 0.4) is 0 Å². The van der Waals surface area contributed by atoms with E-state index in [1.165, 1.54) is 30.9 Å². The van der Waals surface area contributed by atoms with Gasteiger partial charge in [-0.15, -0.1) is 0 Å². The van der Waals surface area contributed by atoms with Crippen LogP contribution < -0.4 is 19.2 Å². The van der Waals surface area contributed by atoms with E-state index in [-0.39, 0.29) is 33.9 Å². The molecule has 3 heterocycles. The number of imide groups is 1. The van der Waals surface area contributed by atoms with Gasteiger partial charge >= 0.3 is 4.87 Å². The number of ether oxygens (including phenoxy) is 2. The Morgan fingerprint density at radius 2 is 1.67 bits per heavy atom. The Morgan fingerprint density at radius 1 is 1.03 bits per heavy atom. The minimum atomic E-state index is -0.746. The molecule has 1 aromatic heterocycles. The van der Waals surface area contributed by atoms with Crippen molar-refractivity contribution in [2.75, 3.05) is 19.1 Å². The van der Waals surface area contributed by atoms with E-state index in [1.807, 2.05) is 0 Å². The highest BCUT2D eigenvalue weighted by Crippen LogP contribution is 2.54. The number of nitrogens with one attached hydrogen (secondary N) is 1. The van der Waals surface area contributed by atoms with Crippen LogP contribution in [0.25, 0.3) is 0 Å². The van der Waals surface area contributed by atoms with Crippen molar-refractivity contribution in [1.82, 2.24) is 4.98 Å². The van der Waals surface area contributed by atoms with Crippen molar-refractivity contribution < 1.29 is 24.2 Å². The zero-order valence-corrected chi connectivity index (χ0v) is 20.5. The number of benzene rings is 2. The molecule has 1 saturated heterocycles. The number of aromatic hydroxyl groups is 1. The number of amides is 2. The maximum atomic E-state index is 13.7. The SMILES string of the molecule is COc1cc(C2c3sc(=O)[nH]c3SC3C(=O)N(c4ccc(Br)cc4)C(=O)C32)cc(OC)c1O. The number of methoxy groups -OCH3 is 2. The number of hydrogen-bond acceptors (Lipinski definition) is 8. The molecule has 3 atom stereocenters. The molecule has 170 valence electrons. The van der Waals surface area contributed by atoms with Crippen molar-refractivity contribution in [1.29, 1.82) is 0 Å². The number of phenols is 1. The Hall–Kier alpha value is -2.76. The summed E-state index contributed by atoms with van der Waals surface area (Å²) in [5.41, 5.74) is 1.09. The fourth-order valence-corrected chi connectivity index (χ4v) is 7.09. The third-order valence-electron chi connectivity index (χ3n) is 5.77. The number of anilines is 1. The second-order valence-corrected chi connectivity index (χ2v) is 10.6. The van der Waals surface area contributed by atoms with E-state index < -0.39 is 17.1 Å².